The third-order valence-electron chi connectivity index (χ3n) is 3.30. The summed E-state index contributed by atoms with van der Waals surface area (Å²) in [4.78, 5) is 25.5. The molecule has 2 N–H and O–H groups in total. The van der Waals surface area contributed by atoms with Crippen LogP contribution in [0.2, 0.25) is 0 Å². The number of benzene rings is 1. The van der Waals surface area contributed by atoms with Crippen LogP contribution in [0.3, 0.4) is 0 Å². The second-order valence-electron chi connectivity index (χ2n) is 5.99. The van der Waals surface area contributed by atoms with Gasteiger partial charge in [0.15, 0.2) is 0 Å². The number of thioether (sulfide) groups is 1. The zero-order valence-corrected chi connectivity index (χ0v) is 13.4. The molecule has 4 nitrogen and oxygen atoms in total. The molecule has 2 amide bonds. The topological polar surface area (TPSA) is 63.4 Å². The van der Waals surface area contributed by atoms with Crippen molar-refractivity contribution in [1.29, 1.82) is 0 Å². The molecule has 0 radical (unpaired) electrons. The van der Waals surface area contributed by atoms with Crippen LogP contribution < -0.4 is 5.73 Å². The van der Waals surface area contributed by atoms with Crippen LogP contribution in [-0.4, -0.2) is 29.1 Å². The first-order valence-electron chi connectivity index (χ1n) is 6.89. The maximum Gasteiger partial charge on any atom is 0.293 e. The Balaban J connectivity index is 2.21. The lowest BCUT2D eigenvalue weighted by molar-refractivity contribution is -0.122. The van der Waals surface area contributed by atoms with E-state index in [-0.39, 0.29) is 29.7 Å². The van der Waals surface area contributed by atoms with E-state index < -0.39 is 0 Å². The van der Waals surface area contributed by atoms with Crippen LogP contribution in [0.1, 0.15) is 31.9 Å². The molecule has 0 saturated carbocycles. The molecule has 1 saturated heterocycles. The molecule has 0 aromatic heterocycles. The Labute approximate surface area is 129 Å². The molecule has 21 heavy (non-hydrogen) atoms. The lowest BCUT2D eigenvalue weighted by Crippen LogP contribution is -2.33. The summed E-state index contributed by atoms with van der Waals surface area (Å²) in [6, 6.07) is 8.04. The van der Waals surface area contributed by atoms with E-state index in [1.165, 1.54) is 10.5 Å². The van der Waals surface area contributed by atoms with Gasteiger partial charge < -0.3 is 5.73 Å². The van der Waals surface area contributed by atoms with Gasteiger partial charge in [0.05, 0.1) is 4.91 Å². The number of hydrogen-bond donors (Lipinski definition) is 1. The molecule has 1 fully saturated rings. The highest BCUT2D eigenvalue weighted by Gasteiger charge is 2.34. The standard InChI is InChI=1S/C16H20N2O2S/c1-16(2,3)12-6-4-11(5-7-12)10-13-14(19)18(9-8-17)15(20)21-13/h4-7,10H,8-9,17H2,1-3H3/b13-10+. The Morgan fingerprint density at radius 3 is 2.33 bits per heavy atom. The fourth-order valence-electron chi connectivity index (χ4n) is 2.05. The van der Waals surface area contributed by atoms with E-state index in [0.29, 0.717) is 4.91 Å². The van der Waals surface area contributed by atoms with E-state index in [4.69, 9.17) is 5.73 Å². The number of nitrogens with two attached hydrogens (primary N) is 1. The number of carbonyl (C=O) groups excluding carboxylic acids is 2. The van der Waals surface area contributed by atoms with Gasteiger partial charge in [-0.25, -0.2) is 0 Å². The highest BCUT2D eigenvalue weighted by molar-refractivity contribution is 8.18. The molecule has 1 aliphatic rings. The normalized spacial score (nSPS) is 17.9. The zero-order chi connectivity index (χ0) is 15.6. The molecule has 1 aromatic rings. The van der Waals surface area contributed by atoms with E-state index >= 15 is 0 Å². The summed E-state index contributed by atoms with van der Waals surface area (Å²) < 4.78 is 0. The lowest BCUT2D eigenvalue weighted by Gasteiger charge is -2.18. The summed E-state index contributed by atoms with van der Waals surface area (Å²) in [5, 5.41) is -0.247. The van der Waals surface area contributed by atoms with Crippen LogP contribution in [0.4, 0.5) is 4.79 Å². The van der Waals surface area contributed by atoms with E-state index in [2.05, 4.69) is 32.9 Å². The van der Waals surface area contributed by atoms with Crippen LogP contribution >= 0.6 is 11.8 Å². The van der Waals surface area contributed by atoms with Gasteiger partial charge in [-0.05, 0) is 34.4 Å². The smallest absolute Gasteiger partial charge is 0.293 e. The minimum absolute atomic E-state index is 0.0947. The first-order valence-corrected chi connectivity index (χ1v) is 7.70. The Kier molecular flexibility index (Phi) is 4.54. The first kappa shape index (κ1) is 15.8. The van der Waals surface area contributed by atoms with Crippen LogP contribution in [0.5, 0.6) is 0 Å². The number of imide groups is 1. The van der Waals surface area contributed by atoms with Crippen molar-refractivity contribution in [3.05, 3.63) is 40.3 Å². The highest BCUT2D eigenvalue weighted by atomic mass is 32.2. The van der Waals surface area contributed by atoms with Crippen molar-refractivity contribution >= 4 is 29.0 Å². The summed E-state index contributed by atoms with van der Waals surface area (Å²) in [5.74, 6) is -0.254. The second kappa shape index (κ2) is 6.03. The van der Waals surface area contributed by atoms with Crippen LogP contribution in [-0.2, 0) is 10.2 Å². The van der Waals surface area contributed by atoms with Crippen LogP contribution in [0, 0.1) is 0 Å². The van der Waals surface area contributed by atoms with Crippen molar-refractivity contribution in [2.24, 2.45) is 5.73 Å². The molecule has 1 heterocycles. The number of nitrogens with zero attached hydrogens (tertiary/aromatic N) is 1. The van der Waals surface area contributed by atoms with Gasteiger partial charge >= 0.3 is 0 Å². The van der Waals surface area contributed by atoms with Gasteiger partial charge in [-0.15, -0.1) is 0 Å². The molecule has 0 bridgehead atoms. The van der Waals surface area contributed by atoms with Gasteiger partial charge in [0, 0.05) is 13.1 Å². The average Bonchev–Trinajstić information content (AvgIpc) is 2.66. The summed E-state index contributed by atoms with van der Waals surface area (Å²) in [6.45, 7) is 7.01. The van der Waals surface area contributed by atoms with Crippen molar-refractivity contribution < 1.29 is 9.59 Å². The van der Waals surface area contributed by atoms with Gasteiger partial charge in [-0.3, -0.25) is 14.5 Å². The number of carbonyl (C=O) groups is 2. The Bertz CT molecular complexity index is 585. The van der Waals surface area contributed by atoms with E-state index in [1.807, 2.05) is 12.1 Å². The number of rotatable bonds is 3. The first-order chi connectivity index (χ1) is 9.82. The van der Waals surface area contributed by atoms with E-state index in [9.17, 15) is 9.59 Å². The maximum atomic E-state index is 12.1. The minimum atomic E-state index is -0.254. The van der Waals surface area contributed by atoms with Crippen molar-refractivity contribution in [2.75, 3.05) is 13.1 Å². The highest BCUT2D eigenvalue weighted by Crippen LogP contribution is 2.32. The molecule has 112 valence electrons. The van der Waals surface area contributed by atoms with Gasteiger partial charge in [0.1, 0.15) is 0 Å². The Hall–Kier alpha value is -1.59. The molecule has 0 unspecified atom stereocenters. The SMILES string of the molecule is CC(C)(C)c1ccc(/C=C2/SC(=O)N(CCN)C2=O)cc1. The molecule has 0 atom stereocenters. The molecule has 1 aromatic carbocycles. The number of amides is 2. The fourth-order valence-corrected chi connectivity index (χ4v) is 2.92. The van der Waals surface area contributed by atoms with Crippen molar-refractivity contribution in [3.8, 4) is 0 Å². The van der Waals surface area contributed by atoms with Crippen LogP contribution in [0.15, 0.2) is 29.2 Å². The van der Waals surface area contributed by atoms with Gasteiger partial charge in [-0.1, -0.05) is 45.0 Å². The predicted octanol–water partition coefficient (Wildman–Crippen LogP) is 2.98. The summed E-state index contributed by atoms with van der Waals surface area (Å²) in [6.07, 6.45) is 1.76. The molecule has 0 aliphatic carbocycles. The zero-order valence-electron chi connectivity index (χ0n) is 12.6. The van der Waals surface area contributed by atoms with Gasteiger partial charge in [0.25, 0.3) is 11.1 Å². The molecule has 2 rings (SSSR count). The van der Waals surface area contributed by atoms with Gasteiger partial charge in [0.2, 0.25) is 0 Å². The lowest BCUT2D eigenvalue weighted by atomic mass is 9.87. The summed E-state index contributed by atoms with van der Waals surface area (Å²) in [7, 11) is 0. The molecule has 0 spiro atoms. The summed E-state index contributed by atoms with van der Waals surface area (Å²) in [5.41, 5.74) is 7.66. The predicted molar refractivity (Wildman–Crippen MR) is 86.9 cm³/mol. The van der Waals surface area contributed by atoms with E-state index in [0.717, 1.165) is 17.3 Å². The quantitative estimate of drug-likeness (QED) is 0.872. The number of hydrogen-bond acceptors (Lipinski definition) is 4. The third-order valence-corrected chi connectivity index (χ3v) is 4.21. The van der Waals surface area contributed by atoms with Crippen LogP contribution in [0.25, 0.3) is 6.08 Å². The molecular formula is C16H20N2O2S. The molecule has 5 heteroatoms. The van der Waals surface area contributed by atoms with E-state index in [1.54, 1.807) is 6.08 Å². The Morgan fingerprint density at radius 1 is 1.19 bits per heavy atom. The van der Waals surface area contributed by atoms with Crippen molar-refractivity contribution in [1.82, 2.24) is 4.90 Å². The largest absolute Gasteiger partial charge is 0.329 e. The van der Waals surface area contributed by atoms with Crippen molar-refractivity contribution in [2.45, 2.75) is 26.2 Å². The molecular weight excluding hydrogens is 284 g/mol. The second-order valence-corrected chi connectivity index (χ2v) is 6.99. The maximum absolute atomic E-state index is 12.1. The minimum Gasteiger partial charge on any atom is -0.329 e. The third kappa shape index (κ3) is 3.54. The monoisotopic (exact) mass is 304 g/mol. The van der Waals surface area contributed by atoms with Crippen molar-refractivity contribution in [3.63, 3.8) is 0 Å². The summed E-state index contributed by atoms with van der Waals surface area (Å²) >= 11 is 0.969. The average molecular weight is 304 g/mol. The fraction of sp³-hybridized carbons (Fsp3) is 0.375. The van der Waals surface area contributed by atoms with Gasteiger partial charge in [-0.2, -0.15) is 0 Å². The Morgan fingerprint density at radius 2 is 1.81 bits per heavy atom. The molecule has 1 aliphatic heterocycles.